The van der Waals surface area contributed by atoms with Crippen LogP contribution in [0.2, 0.25) is 5.02 Å². The molecule has 0 heterocycles. The maximum absolute atomic E-state index is 10.3. The van der Waals surface area contributed by atoms with E-state index in [1.807, 2.05) is 6.92 Å². The fourth-order valence-corrected chi connectivity index (χ4v) is 1.37. The average molecular weight is 226 g/mol. The Morgan fingerprint density at radius 3 is 2.87 bits per heavy atom. The van der Waals surface area contributed by atoms with E-state index < -0.39 is 5.97 Å². The first-order valence-electron chi connectivity index (χ1n) is 4.45. The molecule has 1 rings (SSSR count). The summed E-state index contributed by atoms with van der Waals surface area (Å²) < 4.78 is 0. The number of halogens is 1. The Hall–Kier alpha value is -1.48. The van der Waals surface area contributed by atoms with Crippen molar-refractivity contribution >= 4 is 29.3 Å². The third-order valence-corrected chi connectivity index (χ3v) is 2.55. The number of hydrogen-bond acceptors (Lipinski definition) is 2. The van der Waals surface area contributed by atoms with Gasteiger partial charge in [0.25, 0.3) is 0 Å². The molecule has 1 aromatic carbocycles. The molecule has 3 N–H and O–H groups in total. The molecule has 0 bridgehead atoms. The van der Waals surface area contributed by atoms with Gasteiger partial charge in [-0.25, -0.2) is 0 Å². The minimum Gasteiger partial charge on any atom is -0.481 e. The van der Waals surface area contributed by atoms with Crippen molar-refractivity contribution in [2.75, 3.05) is 5.73 Å². The van der Waals surface area contributed by atoms with Gasteiger partial charge < -0.3 is 10.8 Å². The van der Waals surface area contributed by atoms with Crippen molar-refractivity contribution in [1.82, 2.24) is 0 Å². The molecule has 0 radical (unpaired) electrons. The molecule has 0 fully saturated rings. The molecule has 1 aromatic rings. The Labute approximate surface area is 93.2 Å². The van der Waals surface area contributed by atoms with E-state index in [2.05, 4.69) is 0 Å². The fraction of sp³-hybridized carbons (Fsp3) is 0.182. The van der Waals surface area contributed by atoms with Crippen LogP contribution in [0.4, 0.5) is 5.69 Å². The molecule has 0 saturated heterocycles. The Morgan fingerprint density at radius 2 is 2.27 bits per heavy atom. The third kappa shape index (κ3) is 2.99. The molecule has 0 saturated carbocycles. The zero-order valence-electron chi connectivity index (χ0n) is 8.33. The normalized spacial score (nSPS) is 10.8. The summed E-state index contributed by atoms with van der Waals surface area (Å²) in [5.41, 5.74) is 7.89. The van der Waals surface area contributed by atoms with E-state index in [1.54, 1.807) is 24.3 Å². The van der Waals surface area contributed by atoms with Gasteiger partial charge in [-0.1, -0.05) is 29.8 Å². The lowest BCUT2D eigenvalue weighted by Crippen LogP contribution is -1.92. The van der Waals surface area contributed by atoms with E-state index in [4.69, 9.17) is 22.4 Å². The molecule has 0 aliphatic rings. The SMILES string of the molecule is Cc1c(N)ccc(C=CCC(=O)O)c1Cl. The van der Waals surface area contributed by atoms with Crippen molar-refractivity contribution in [1.29, 1.82) is 0 Å². The van der Waals surface area contributed by atoms with E-state index in [0.29, 0.717) is 10.7 Å². The summed E-state index contributed by atoms with van der Waals surface area (Å²) in [7, 11) is 0. The molecule has 0 aliphatic heterocycles. The highest BCUT2D eigenvalue weighted by molar-refractivity contribution is 6.33. The highest BCUT2D eigenvalue weighted by Crippen LogP contribution is 2.26. The number of benzene rings is 1. The van der Waals surface area contributed by atoms with Crippen LogP contribution in [0.5, 0.6) is 0 Å². The van der Waals surface area contributed by atoms with Crippen LogP contribution in [0.25, 0.3) is 6.08 Å². The maximum atomic E-state index is 10.3. The number of hydrogen-bond donors (Lipinski definition) is 2. The van der Waals surface area contributed by atoms with Crippen LogP contribution in [0.1, 0.15) is 17.5 Å². The topological polar surface area (TPSA) is 63.3 Å². The quantitative estimate of drug-likeness (QED) is 0.778. The first-order valence-corrected chi connectivity index (χ1v) is 4.83. The van der Waals surface area contributed by atoms with Gasteiger partial charge in [-0.15, -0.1) is 0 Å². The maximum Gasteiger partial charge on any atom is 0.307 e. The van der Waals surface area contributed by atoms with Crippen molar-refractivity contribution in [3.63, 3.8) is 0 Å². The Balaban J connectivity index is 2.92. The van der Waals surface area contributed by atoms with Crippen LogP contribution in [-0.2, 0) is 4.79 Å². The second kappa shape index (κ2) is 4.84. The number of anilines is 1. The van der Waals surface area contributed by atoms with Crippen LogP contribution in [-0.4, -0.2) is 11.1 Å². The molecule has 0 atom stereocenters. The summed E-state index contributed by atoms with van der Waals surface area (Å²) in [4.78, 5) is 10.3. The second-order valence-electron chi connectivity index (χ2n) is 3.18. The van der Waals surface area contributed by atoms with Gasteiger partial charge in [-0.05, 0) is 24.1 Å². The first-order chi connectivity index (χ1) is 7.02. The van der Waals surface area contributed by atoms with Crippen molar-refractivity contribution in [3.05, 3.63) is 34.4 Å². The van der Waals surface area contributed by atoms with Crippen molar-refractivity contribution in [3.8, 4) is 0 Å². The van der Waals surface area contributed by atoms with E-state index in [1.165, 1.54) is 0 Å². The van der Waals surface area contributed by atoms with Gasteiger partial charge in [-0.2, -0.15) is 0 Å². The van der Waals surface area contributed by atoms with Gasteiger partial charge in [0, 0.05) is 5.69 Å². The highest BCUT2D eigenvalue weighted by atomic mass is 35.5. The average Bonchev–Trinajstić information content (AvgIpc) is 2.18. The zero-order valence-corrected chi connectivity index (χ0v) is 9.08. The molecule has 4 heteroatoms. The third-order valence-electron chi connectivity index (χ3n) is 2.05. The molecule has 80 valence electrons. The van der Waals surface area contributed by atoms with Gasteiger partial charge >= 0.3 is 5.97 Å². The Kier molecular flexibility index (Phi) is 3.74. The number of carboxylic acids is 1. The Bertz CT molecular complexity index is 413. The van der Waals surface area contributed by atoms with Crippen molar-refractivity contribution in [2.24, 2.45) is 0 Å². The smallest absolute Gasteiger partial charge is 0.307 e. The van der Waals surface area contributed by atoms with Crippen LogP contribution in [0.15, 0.2) is 18.2 Å². The number of nitrogen functional groups attached to an aromatic ring is 1. The van der Waals surface area contributed by atoms with E-state index in [-0.39, 0.29) is 6.42 Å². The van der Waals surface area contributed by atoms with Gasteiger partial charge in [0.1, 0.15) is 0 Å². The number of carbonyl (C=O) groups is 1. The summed E-state index contributed by atoms with van der Waals surface area (Å²) in [6.07, 6.45) is 3.22. The van der Waals surface area contributed by atoms with Crippen LogP contribution >= 0.6 is 11.6 Å². The van der Waals surface area contributed by atoms with Gasteiger partial charge in [0.2, 0.25) is 0 Å². The summed E-state index contributed by atoms with van der Waals surface area (Å²) in [5.74, 6) is -0.866. The second-order valence-corrected chi connectivity index (χ2v) is 3.56. The van der Waals surface area contributed by atoms with Crippen LogP contribution in [0.3, 0.4) is 0 Å². The lowest BCUT2D eigenvalue weighted by molar-refractivity contribution is -0.135. The van der Waals surface area contributed by atoms with Gasteiger partial charge in [-0.3, -0.25) is 4.79 Å². The summed E-state index contributed by atoms with van der Waals surface area (Å²) in [6, 6.07) is 3.52. The minimum atomic E-state index is -0.866. The van der Waals surface area contributed by atoms with Gasteiger partial charge in [0.05, 0.1) is 11.4 Å². The predicted octanol–water partition coefficient (Wildman–Crippen LogP) is 2.72. The molecule has 0 amide bonds. The molecule has 0 aromatic heterocycles. The lowest BCUT2D eigenvalue weighted by Gasteiger charge is -2.05. The fourth-order valence-electron chi connectivity index (χ4n) is 1.14. The Morgan fingerprint density at radius 1 is 1.60 bits per heavy atom. The number of carboxylic acid groups (broad SMARTS) is 1. The predicted molar refractivity (Wildman–Crippen MR) is 61.9 cm³/mol. The summed E-state index contributed by atoms with van der Waals surface area (Å²) in [6.45, 7) is 1.83. The van der Waals surface area contributed by atoms with Crippen LogP contribution < -0.4 is 5.73 Å². The molecule has 0 aliphatic carbocycles. The minimum absolute atomic E-state index is 0.0141. The van der Waals surface area contributed by atoms with Gasteiger partial charge in [0.15, 0.2) is 0 Å². The largest absolute Gasteiger partial charge is 0.481 e. The number of aliphatic carboxylic acids is 1. The monoisotopic (exact) mass is 225 g/mol. The van der Waals surface area contributed by atoms with Crippen molar-refractivity contribution in [2.45, 2.75) is 13.3 Å². The first kappa shape index (κ1) is 11.6. The molecule has 3 nitrogen and oxygen atoms in total. The summed E-state index contributed by atoms with van der Waals surface area (Å²) in [5, 5.41) is 9.02. The van der Waals surface area contributed by atoms with E-state index >= 15 is 0 Å². The van der Waals surface area contributed by atoms with Crippen molar-refractivity contribution < 1.29 is 9.90 Å². The molecule has 15 heavy (non-hydrogen) atoms. The van der Waals surface area contributed by atoms with E-state index in [9.17, 15) is 4.79 Å². The summed E-state index contributed by atoms with van der Waals surface area (Å²) >= 11 is 6.04. The highest BCUT2D eigenvalue weighted by Gasteiger charge is 2.03. The number of rotatable bonds is 3. The molecule has 0 spiro atoms. The molecule has 0 unspecified atom stereocenters. The molecular formula is C11H12ClNO2. The molecular weight excluding hydrogens is 214 g/mol. The standard InChI is InChI=1S/C11H12ClNO2/c1-7-9(13)6-5-8(11(7)12)3-2-4-10(14)15/h2-3,5-6H,4,13H2,1H3,(H,14,15). The van der Waals surface area contributed by atoms with Crippen LogP contribution in [0, 0.1) is 6.92 Å². The lowest BCUT2D eigenvalue weighted by atomic mass is 10.1. The zero-order chi connectivity index (χ0) is 11.4. The van der Waals surface area contributed by atoms with E-state index in [0.717, 1.165) is 11.1 Å². The number of nitrogens with two attached hydrogens (primary N) is 1.